The van der Waals surface area contributed by atoms with E-state index in [1.165, 1.54) is 5.56 Å². The van der Waals surface area contributed by atoms with Crippen molar-refractivity contribution in [3.8, 4) is 5.75 Å². The first-order valence-electron chi connectivity index (χ1n) is 8.63. The Bertz CT molecular complexity index is 685. The van der Waals surface area contributed by atoms with Gasteiger partial charge in [0, 0.05) is 25.7 Å². The molecule has 1 aliphatic rings. The Morgan fingerprint density at radius 3 is 2.48 bits per heavy atom. The minimum absolute atomic E-state index is 0.00599. The Morgan fingerprint density at radius 1 is 1.08 bits per heavy atom. The molecule has 1 heterocycles. The summed E-state index contributed by atoms with van der Waals surface area (Å²) in [5.74, 6) is 0.443. The molecule has 3 rings (SSSR count). The van der Waals surface area contributed by atoms with Crippen molar-refractivity contribution in [1.29, 1.82) is 0 Å². The lowest BCUT2D eigenvalue weighted by Gasteiger charge is -2.32. The number of carbonyl (C=O) groups is 1. The molecule has 5 heteroatoms. The number of ether oxygens (including phenoxy) is 1. The molecular weight excluding hydrogens is 336 g/mol. The third kappa shape index (κ3) is 5.48. The number of nitrogens with zero attached hydrogens (tertiary/aromatic N) is 1. The van der Waals surface area contributed by atoms with Gasteiger partial charge in [-0.15, -0.1) is 0 Å². The first kappa shape index (κ1) is 17.8. The van der Waals surface area contributed by atoms with E-state index in [0.717, 1.165) is 32.5 Å². The van der Waals surface area contributed by atoms with Gasteiger partial charge in [-0.25, -0.2) is 0 Å². The Kier molecular flexibility index (Phi) is 6.31. The van der Waals surface area contributed by atoms with Gasteiger partial charge in [-0.1, -0.05) is 54.1 Å². The van der Waals surface area contributed by atoms with E-state index in [9.17, 15) is 4.79 Å². The van der Waals surface area contributed by atoms with Crippen molar-refractivity contribution in [1.82, 2.24) is 10.2 Å². The number of nitrogens with one attached hydrogen (secondary N) is 1. The minimum atomic E-state index is -0.0959. The van der Waals surface area contributed by atoms with Crippen molar-refractivity contribution in [2.45, 2.75) is 25.4 Å². The molecule has 0 unspecified atom stereocenters. The number of halogens is 1. The molecule has 0 aliphatic carbocycles. The number of hydrogen-bond donors (Lipinski definition) is 1. The standard InChI is InChI=1S/C20H23ClN2O2/c21-18-8-4-5-9-19(18)25-15-20(24)22-17-10-12-23(13-11-17)14-16-6-2-1-3-7-16/h1-9,17H,10-15H2,(H,22,24). The fraction of sp³-hybridized carbons (Fsp3) is 0.350. The molecule has 0 spiro atoms. The van der Waals surface area contributed by atoms with E-state index in [0.29, 0.717) is 10.8 Å². The number of piperidine rings is 1. The molecule has 0 atom stereocenters. The summed E-state index contributed by atoms with van der Waals surface area (Å²) >= 11 is 6.02. The number of likely N-dealkylation sites (tertiary alicyclic amines) is 1. The average Bonchev–Trinajstić information content (AvgIpc) is 2.64. The highest BCUT2D eigenvalue weighted by molar-refractivity contribution is 6.32. The van der Waals surface area contributed by atoms with Crippen LogP contribution in [0.3, 0.4) is 0 Å². The number of amides is 1. The summed E-state index contributed by atoms with van der Waals surface area (Å²) in [5.41, 5.74) is 1.33. The van der Waals surface area contributed by atoms with E-state index in [1.807, 2.05) is 18.2 Å². The van der Waals surface area contributed by atoms with Gasteiger partial charge in [0.15, 0.2) is 6.61 Å². The van der Waals surface area contributed by atoms with Crippen LogP contribution in [0.4, 0.5) is 0 Å². The van der Waals surface area contributed by atoms with Crippen LogP contribution in [-0.2, 0) is 11.3 Å². The first-order chi connectivity index (χ1) is 12.2. The summed E-state index contributed by atoms with van der Waals surface area (Å²) in [5, 5.41) is 3.58. The molecule has 0 radical (unpaired) electrons. The molecule has 1 aliphatic heterocycles. The van der Waals surface area contributed by atoms with Crippen molar-refractivity contribution in [2.75, 3.05) is 19.7 Å². The maximum atomic E-state index is 12.1. The third-order valence-electron chi connectivity index (χ3n) is 4.40. The highest BCUT2D eigenvalue weighted by Crippen LogP contribution is 2.22. The zero-order chi connectivity index (χ0) is 17.5. The minimum Gasteiger partial charge on any atom is -0.482 e. The summed E-state index contributed by atoms with van der Waals surface area (Å²) in [6.45, 7) is 2.95. The lowest BCUT2D eigenvalue weighted by Crippen LogP contribution is -2.45. The van der Waals surface area contributed by atoms with Crippen LogP contribution in [0.1, 0.15) is 18.4 Å². The first-order valence-corrected chi connectivity index (χ1v) is 9.01. The molecule has 0 aromatic heterocycles. The monoisotopic (exact) mass is 358 g/mol. The summed E-state index contributed by atoms with van der Waals surface area (Å²) in [7, 11) is 0. The summed E-state index contributed by atoms with van der Waals surface area (Å²) in [6, 6.07) is 17.9. The van der Waals surface area contributed by atoms with Crippen molar-refractivity contribution in [2.24, 2.45) is 0 Å². The molecule has 2 aromatic carbocycles. The molecule has 0 bridgehead atoms. The molecule has 1 N–H and O–H groups in total. The van der Waals surface area contributed by atoms with Crippen LogP contribution in [-0.4, -0.2) is 36.5 Å². The van der Waals surface area contributed by atoms with E-state index in [2.05, 4.69) is 34.5 Å². The quantitative estimate of drug-likeness (QED) is 0.859. The summed E-state index contributed by atoms with van der Waals surface area (Å²) < 4.78 is 5.49. The summed E-state index contributed by atoms with van der Waals surface area (Å²) in [4.78, 5) is 14.5. The van der Waals surface area contributed by atoms with Crippen LogP contribution >= 0.6 is 11.6 Å². The van der Waals surface area contributed by atoms with E-state index in [4.69, 9.17) is 16.3 Å². The predicted molar refractivity (Wildman–Crippen MR) is 99.8 cm³/mol. The van der Waals surface area contributed by atoms with Gasteiger partial charge in [0.25, 0.3) is 5.91 Å². The fourth-order valence-electron chi connectivity index (χ4n) is 3.05. The normalized spacial score (nSPS) is 15.7. The molecule has 1 fully saturated rings. The number of para-hydroxylation sites is 1. The molecule has 25 heavy (non-hydrogen) atoms. The van der Waals surface area contributed by atoms with Crippen molar-refractivity contribution < 1.29 is 9.53 Å². The van der Waals surface area contributed by atoms with Gasteiger partial charge >= 0.3 is 0 Å². The fourth-order valence-corrected chi connectivity index (χ4v) is 3.24. The topological polar surface area (TPSA) is 41.6 Å². The van der Waals surface area contributed by atoms with Gasteiger partial charge in [0.2, 0.25) is 0 Å². The second-order valence-electron chi connectivity index (χ2n) is 6.32. The lowest BCUT2D eigenvalue weighted by atomic mass is 10.0. The Morgan fingerprint density at radius 2 is 1.76 bits per heavy atom. The highest BCUT2D eigenvalue weighted by Gasteiger charge is 2.20. The molecular formula is C20H23ClN2O2. The van der Waals surface area contributed by atoms with Gasteiger partial charge < -0.3 is 10.1 Å². The van der Waals surface area contributed by atoms with Crippen LogP contribution in [0.15, 0.2) is 54.6 Å². The van der Waals surface area contributed by atoms with Gasteiger partial charge in [0.1, 0.15) is 5.75 Å². The number of rotatable bonds is 6. The second-order valence-corrected chi connectivity index (χ2v) is 6.73. The van der Waals surface area contributed by atoms with Crippen LogP contribution < -0.4 is 10.1 Å². The van der Waals surface area contributed by atoms with Crippen molar-refractivity contribution >= 4 is 17.5 Å². The molecule has 2 aromatic rings. The molecule has 1 amide bonds. The Labute approximate surface area is 153 Å². The molecule has 0 saturated carbocycles. The van der Waals surface area contributed by atoms with Gasteiger partial charge in [0.05, 0.1) is 5.02 Å². The van der Waals surface area contributed by atoms with Crippen LogP contribution in [0, 0.1) is 0 Å². The Hall–Kier alpha value is -2.04. The van der Waals surface area contributed by atoms with Crippen LogP contribution in [0.5, 0.6) is 5.75 Å². The average molecular weight is 359 g/mol. The maximum absolute atomic E-state index is 12.1. The largest absolute Gasteiger partial charge is 0.482 e. The van der Waals surface area contributed by atoms with Crippen molar-refractivity contribution in [3.63, 3.8) is 0 Å². The number of carbonyl (C=O) groups excluding carboxylic acids is 1. The Balaban J connectivity index is 1.38. The maximum Gasteiger partial charge on any atom is 0.258 e. The third-order valence-corrected chi connectivity index (χ3v) is 4.71. The molecule has 4 nitrogen and oxygen atoms in total. The second kappa shape index (κ2) is 8.88. The van der Waals surface area contributed by atoms with Crippen LogP contribution in [0.25, 0.3) is 0 Å². The smallest absolute Gasteiger partial charge is 0.258 e. The van der Waals surface area contributed by atoms with Crippen LogP contribution in [0.2, 0.25) is 5.02 Å². The molecule has 132 valence electrons. The van der Waals surface area contributed by atoms with Gasteiger partial charge in [-0.3, -0.25) is 9.69 Å². The predicted octanol–water partition coefficient (Wildman–Crippen LogP) is 3.50. The highest BCUT2D eigenvalue weighted by atomic mass is 35.5. The van der Waals surface area contributed by atoms with E-state index < -0.39 is 0 Å². The zero-order valence-corrected chi connectivity index (χ0v) is 14.9. The number of benzene rings is 2. The van der Waals surface area contributed by atoms with Gasteiger partial charge in [-0.2, -0.15) is 0 Å². The van der Waals surface area contributed by atoms with Crippen molar-refractivity contribution in [3.05, 3.63) is 65.2 Å². The van der Waals surface area contributed by atoms with Gasteiger partial charge in [-0.05, 0) is 30.5 Å². The van der Waals surface area contributed by atoms with E-state index >= 15 is 0 Å². The number of hydrogen-bond acceptors (Lipinski definition) is 3. The molecule has 1 saturated heterocycles. The van der Waals surface area contributed by atoms with E-state index in [1.54, 1.807) is 12.1 Å². The summed E-state index contributed by atoms with van der Waals surface area (Å²) in [6.07, 6.45) is 1.93. The SMILES string of the molecule is O=C(COc1ccccc1Cl)NC1CCN(Cc2ccccc2)CC1. The zero-order valence-electron chi connectivity index (χ0n) is 14.2. The van der Waals surface area contributed by atoms with E-state index in [-0.39, 0.29) is 18.6 Å². The lowest BCUT2D eigenvalue weighted by molar-refractivity contribution is -0.124.